The van der Waals surface area contributed by atoms with Crippen molar-refractivity contribution in [1.29, 1.82) is 0 Å². The first-order valence-electron chi connectivity index (χ1n) is 10.8. The Morgan fingerprint density at radius 2 is 1.80 bits per heavy atom. The number of ether oxygens (including phenoxy) is 1. The van der Waals surface area contributed by atoms with Gasteiger partial charge in [0.05, 0.1) is 18.1 Å². The van der Waals surface area contributed by atoms with Gasteiger partial charge in [0.25, 0.3) is 5.69 Å². The molecule has 0 fully saturated rings. The lowest BCUT2D eigenvalue weighted by molar-refractivity contribution is -0.385. The summed E-state index contributed by atoms with van der Waals surface area (Å²) in [5, 5.41) is 15.5. The number of nitrogens with one attached hydrogen (secondary N) is 1. The van der Waals surface area contributed by atoms with Crippen LogP contribution in [0.5, 0.6) is 5.75 Å². The maximum atomic E-state index is 11.5. The molecule has 2 aromatic carbocycles. The second-order valence-electron chi connectivity index (χ2n) is 8.11. The predicted octanol–water partition coefficient (Wildman–Crippen LogP) is 6.51. The Kier molecular flexibility index (Phi) is 7.78. The molecule has 0 aromatic heterocycles. The van der Waals surface area contributed by atoms with Crippen LogP contribution in [0, 0.1) is 10.1 Å². The van der Waals surface area contributed by atoms with E-state index in [0.29, 0.717) is 0 Å². The number of non-ortho nitro benzene ring substituents is 1. The molecule has 0 saturated carbocycles. The summed E-state index contributed by atoms with van der Waals surface area (Å²) < 4.78 is 5.33. The predicted molar refractivity (Wildman–Crippen MR) is 124 cm³/mol. The van der Waals surface area contributed by atoms with Gasteiger partial charge in [0, 0.05) is 28.3 Å². The van der Waals surface area contributed by atoms with Crippen LogP contribution in [0.4, 0.5) is 5.69 Å². The van der Waals surface area contributed by atoms with Crippen molar-refractivity contribution >= 4 is 17.4 Å². The summed E-state index contributed by atoms with van der Waals surface area (Å²) in [4.78, 5) is 12.3. The fraction of sp³-hybridized carbons (Fsp3) is 0.500. The Morgan fingerprint density at radius 1 is 1.13 bits per heavy atom. The van der Waals surface area contributed by atoms with Crippen LogP contribution >= 0.6 is 11.8 Å². The molecule has 1 aliphatic rings. The van der Waals surface area contributed by atoms with Crippen LogP contribution in [0.15, 0.2) is 47.4 Å². The van der Waals surface area contributed by atoms with Gasteiger partial charge in [-0.2, -0.15) is 0 Å². The monoisotopic (exact) mass is 428 g/mol. The first-order valence-corrected chi connectivity index (χ1v) is 11.8. The highest BCUT2D eigenvalue weighted by Crippen LogP contribution is 2.42. The minimum Gasteiger partial charge on any atom is -0.497 e. The number of methoxy groups -OCH3 is 1. The Balaban J connectivity index is 2.07. The van der Waals surface area contributed by atoms with E-state index in [-0.39, 0.29) is 22.2 Å². The van der Waals surface area contributed by atoms with E-state index in [1.54, 1.807) is 19.2 Å². The molecule has 1 N–H and O–H groups in total. The molecule has 0 spiro atoms. The van der Waals surface area contributed by atoms with Gasteiger partial charge in [-0.3, -0.25) is 15.4 Å². The van der Waals surface area contributed by atoms with Gasteiger partial charge >= 0.3 is 0 Å². The van der Waals surface area contributed by atoms with Gasteiger partial charge in [-0.05, 0) is 42.2 Å². The molecule has 5 nitrogen and oxygen atoms in total. The lowest BCUT2D eigenvalue weighted by atomic mass is 9.86. The van der Waals surface area contributed by atoms with Gasteiger partial charge < -0.3 is 4.74 Å². The summed E-state index contributed by atoms with van der Waals surface area (Å²) in [7, 11) is 1.66. The topological polar surface area (TPSA) is 64.4 Å². The van der Waals surface area contributed by atoms with Gasteiger partial charge in [0.1, 0.15) is 5.75 Å². The summed E-state index contributed by atoms with van der Waals surface area (Å²) >= 11 is 1.83. The van der Waals surface area contributed by atoms with Crippen molar-refractivity contribution in [2.24, 2.45) is 0 Å². The van der Waals surface area contributed by atoms with Crippen LogP contribution < -0.4 is 10.1 Å². The number of benzene rings is 2. The number of nitro benzene ring substituents is 1. The minimum absolute atomic E-state index is 0.00901. The molecule has 0 amide bonds. The van der Waals surface area contributed by atoms with E-state index in [1.807, 2.05) is 30.0 Å². The van der Waals surface area contributed by atoms with Crippen molar-refractivity contribution < 1.29 is 9.66 Å². The van der Waals surface area contributed by atoms with E-state index >= 15 is 0 Å². The molecule has 0 bridgehead atoms. The van der Waals surface area contributed by atoms with Gasteiger partial charge in [-0.1, -0.05) is 51.7 Å². The molecule has 3 rings (SSSR count). The third-order valence-electron chi connectivity index (χ3n) is 5.94. The van der Waals surface area contributed by atoms with Gasteiger partial charge in [-0.15, -0.1) is 11.8 Å². The molecule has 162 valence electrons. The van der Waals surface area contributed by atoms with Crippen LogP contribution in [0.2, 0.25) is 0 Å². The highest BCUT2D eigenvalue weighted by Gasteiger charge is 2.37. The zero-order chi connectivity index (χ0) is 21.6. The van der Waals surface area contributed by atoms with Crippen molar-refractivity contribution in [3.05, 3.63) is 63.7 Å². The van der Waals surface area contributed by atoms with Crippen molar-refractivity contribution in [3.8, 4) is 5.75 Å². The molecule has 2 aromatic rings. The van der Waals surface area contributed by atoms with Crippen molar-refractivity contribution in [1.82, 2.24) is 5.32 Å². The standard InChI is InChI=1S/C24H32N2O3S/c1-4-6-14-24(15-7-5-2)17-30-22-13-10-19(26(27)28)16-21(22)23(25-24)18-8-11-20(29-3)12-9-18/h8-13,16,23,25H,4-7,14-15,17H2,1-3H3. The van der Waals surface area contributed by atoms with Crippen LogP contribution in [0.25, 0.3) is 0 Å². The van der Waals surface area contributed by atoms with E-state index in [2.05, 4.69) is 31.3 Å². The first kappa shape index (κ1) is 22.6. The number of nitrogens with zero attached hydrogens (tertiary/aromatic N) is 1. The lowest BCUT2D eigenvalue weighted by Crippen LogP contribution is -2.48. The number of hydrogen-bond acceptors (Lipinski definition) is 5. The number of hydrogen-bond donors (Lipinski definition) is 1. The highest BCUT2D eigenvalue weighted by atomic mass is 32.2. The minimum atomic E-state index is -0.303. The van der Waals surface area contributed by atoms with Crippen LogP contribution in [0.1, 0.15) is 69.5 Å². The Hall–Kier alpha value is -2.05. The van der Waals surface area contributed by atoms with Gasteiger partial charge in [0.2, 0.25) is 0 Å². The number of thioether (sulfide) groups is 1. The fourth-order valence-electron chi connectivity index (χ4n) is 4.15. The molecule has 6 heteroatoms. The molecule has 0 radical (unpaired) electrons. The van der Waals surface area contributed by atoms with E-state index in [1.165, 1.54) is 12.8 Å². The molecule has 1 heterocycles. The number of unbranched alkanes of at least 4 members (excludes halogenated alkanes) is 2. The first-order chi connectivity index (χ1) is 14.5. The zero-order valence-electron chi connectivity index (χ0n) is 18.1. The van der Waals surface area contributed by atoms with Crippen LogP contribution in [-0.2, 0) is 0 Å². The summed E-state index contributed by atoms with van der Waals surface area (Å²) in [6.07, 6.45) is 6.88. The zero-order valence-corrected chi connectivity index (χ0v) is 19.0. The van der Waals surface area contributed by atoms with Crippen molar-refractivity contribution in [2.45, 2.75) is 68.8 Å². The van der Waals surface area contributed by atoms with Gasteiger partial charge in [-0.25, -0.2) is 0 Å². The van der Waals surface area contributed by atoms with Crippen LogP contribution in [-0.4, -0.2) is 23.3 Å². The van der Waals surface area contributed by atoms with Crippen molar-refractivity contribution in [2.75, 3.05) is 12.9 Å². The van der Waals surface area contributed by atoms with E-state index in [9.17, 15) is 10.1 Å². The Labute approximate surface area is 183 Å². The second kappa shape index (κ2) is 10.3. The van der Waals surface area contributed by atoms with E-state index in [0.717, 1.165) is 53.2 Å². The third-order valence-corrected chi connectivity index (χ3v) is 7.32. The largest absolute Gasteiger partial charge is 0.497 e. The maximum Gasteiger partial charge on any atom is 0.269 e. The molecular weight excluding hydrogens is 396 g/mol. The molecule has 0 saturated heterocycles. The average molecular weight is 429 g/mol. The molecule has 0 aliphatic carbocycles. The molecule has 1 aliphatic heterocycles. The summed E-state index contributed by atoms with van der Waals surface area (Å²) in [6, 6.07) is 13.3. The van der Waals surface area contributed by atoms with E-state index in [4.69, 9.17) is 4.74 Å². The Morgan fingerprint density at radius 3 is 2.37 bits per heavy atom. The smallest absolute Gasteiger partial charge is 0.269 e. The van der Waals surface area contributed by atoms with Crippen LogP contribution in [0.3, 0.4) is 0 Å². The summed E-state index contributed by atoms with van der Waals surface area (Å²) in [5.41, 5.74) is 2.26. The van der Waals surface area contributed by atoms with E-state index < -0.39 is 0 Å². The summed E-state index contributed by atoms with van der Waals surface area (Å²) in [6.45, 7) is 4.47. The molecule has 1 unspecified atom stereocenters. The second-order valence-corrected chi connectivity index (χ2v) is 9.12. The lowest BCUT2D eigenvalue weighted by Gasteiger charge is -2.37. The maximum absolute atomic E-state index is 11.5. The number of rotatable bonds is 9. The normalized spacial score (nSPS) is 17.8. The third kappa shape index (κ3) is 5.16. The number of nitro groups is 1. The fourth-order valence-corrected chi connectivity index (χ4v) is 5.46. The molecule has 1 atom stereocenters. The Bertz CT molecular complexity index is 846. The quantitative estimate of drug-likeness (QED) is 0.364. The summed E-state index contributed by atoms with van der Waals surface area (Å²) in [5.74, 6) is 1.79. The molecule has 30 heavy (non-hydrogen) atoms. The average Bonchev–Trinajstić information content (AvgIpc) is 2.93. The van der Waals surface area contributed by atoms with Crippen molar-refractivity contribution in [3.63, 3.8) is 0 Å². The van der Waals surface area contributed by atoms with Gasteiger partial charge in [0.15, 0.2) is 0 Å². The SMILES string of the molecule is CCCCC1(CCCC)CSc2ccc([N+](=O)[O-])cc2C(c2ccc(OC)cc2)N1. The highest BCUT2D eigenvalue weighted by molar-refractivity contribution is 7.99. The molecular formula is C24H32N2O3S. The number of fused-ring (bicyclic) bond motifs is 1.